The standard InChI is InChI=1S/C17H23NO3/c1-3-14-5-4-6-15(11-14)18(2)12-16(19)13-21-17-7-9-20-10-8-17/h1,4-6,11,16-17,19H,7-10,12-13H2,2H3. The van der Waals surface area contributed by atoms with Gasteiger partial charge in [-0.3, -0.25) is 0 Å². The summed E-state index contributed by atoms with van der Waals surface area (Å²) in [7, 11) is 1.94. The van der Waals surface area contributed by atoms with Gasteiger partial charge in [0.25, 0.3) is 0 Å². The molecular formula is C17H23NO3. The van der Waals surface area contributed by atoms with Gasteiger partial charge in [0, 0.05) is 38.1 Å². The minimum atomic E-state index is -0.521. The molecule has 1 aliphatic heterocycles. The summed E-state index contributed by atoms with van der Waals surface area (Å²) in [6.45, 7) is 2.36. The van der Waals surface area contributed by atoms with Crippen LogP contribution in [-0.2, 0) is 9.47 Å². The highest BCUT2D eigenvalue weighted by atomic mass is 16.5. The fourth-order valence-corrected chi connectivity index (χ4v) is 2.40. The van der Waals surface area contributed by atoms with Crippen LogP contribution < -0.4 is 4.90 Å². The molecule has 1 N–H and O–H groups in total. The van der Waals surface area contributed by atoms with E-state index in [2.05, 4.69) is 5.92 Å². The molecule has 1 unspecified atom stereocenters. The fraction of sp³-hybridized carbons (Fsp3) is 0.529. The van der Waals surface area contributed by atoms with E-state index in [-0.39, 0.29) is 6.10 Å². The van der Waals surface area contributed by atoms with Gasteiger partial charge in [0.2, 0.25) is 0 Å². The number of hydrogen-bond acceptors (Lipinski definition) is 4. The Morgan fingerprint density at radius 3 is 2.95 bits per heavy atom. The number of aliphatic hydroxyl groups excluding tert-OH is 1. The Hall–Kier alpha value is -1.54. The number of anilines is 1. The van der Waals surface area contributed by atoms with E-state index in [1.807, 2.05) is 36.2 Å². The molecule has 0 radical (unpaired) electrons. The van der Waals surface area contributed by atoms with E-state index in [0.717, 1.165) is 37.3 Å². The predicted molar refractivity (Wildman–Crippen MR) is 83.4 cm³/mol. The Morgan fingerprint density at radius 2 is 2.24 bits per heavy atom. The van der Waals surface area contributed by atoms with Gasteiger partial charge in [-0.2, -0.15) is 0 Å². The predicted octanol–water partition coefficient (Wildman–Crippen LogP) is 1.66. The first-order chi connectivity index (χ1) is 10.2. The number of rotatable bonds is 6. The van der Waals surface area contributed by atoms with Crippen molar-refractivity contribution >= 4 is 5.69 Å². The Kier molecular flexibility index (Phi) is 6.06. The molecular weight excluding hydrogens is 266 g/mol. The van der Waals surface area contributed by atoms with Gasteiger partial charge in [-0.15, -0.1) is 6.42 Å². The highest BCUT2D eigenvalue weighted by molar-refractivity contribution is 5.51. The second-order valence-corrected chi connectivity index (χ2v) is 5.37. The van der Waals surface area contributed by atoms with Gasteiger partial charge < -0.3 is 19.5 Å². The third kappa shape index (κ3) is 5.05. The van der Waals surface area contributed by atoms with Crippen molar-refractivity contribution in [3.05, 3.63) is 29.8 Å². The average Bonchev–Trinajstić information content (AvgIpc) is 2.54. The molecule has 1 saturated heterocycles. The average molecular weight is 289 g/mol. The molecule has 0 saturated carbocycles. The molecule has 1 atom stereocenters. The molecule has 1 aliphatic rings. The highest BCUT2D eigenvalue weighted by Gasteiger charge is 2.16. The number of likely N-dealkylation sites (N-methyl/N-ethyl adjacent to an activating group) is 1. The first kappa shape index (κ1) is 15.8. The van der Waals surface area contributed by atoms with Crippen LogP contribution in [0.25, 0.3) is 0 Å². The molecule has 4 nitrogen and oxygen atoms in total. The summed E-state index contributed by atoms with van der Waals surface area (Å²) in [4.78, 5) is 1.98. The number of nitrogens with zero attached hydrogens (tertiary/aromatic N) is 1. The normalized spacial score (nSPS) is 17.2. The number of ether oxygens (including phenoxy) is 2. The molecule has 2 rings (SSSR count). The van der Waals surface area contributed by atoms with Crippen molar-refractivity contribution in [1.82, 2.24) is 0 Å². The van der Waals surface area contributed by atoms with Gasteiger partial charge in [-0.25, -0.2) is 0 Å². The maximum atomic E-state index is 10.1. The zero-order valence-corrected chi connectivity index (χ0v) is 12.5. The first-order valence-corrected chi connectivity index (χ1v) is 7.34. The van der Waals surface area contributed by atoms with E-state index in [1.54, 1.807) is 0 Å². The SMILES string of the molecule is C#Cc1cccc(N(C)CC(O)COC2CCOCC2)c1. The zero-order valence-electron chi connectivity index (χ0n) is 12.5. The van der Waals surface area contributed by atoms with Gasteiger partial charge in [-0.1, -0.05) is 12.0 Å². The Balaban J connectivity index is 1.78. The molecule has 21 heavy (non-hydrogen) atoms. The smallest absolute Gasteiger partial charge is 0.0948 e. The van der Waals surface area contributed by atoms with Crippen molar-refractivity contribution in [2.75, 3.05) is 38.3 Å². The van der Waals surface area contributed by atoms with Crippen molar-refractivity contribution < 1.29 is 14.6 Å². The second kappa shape index (κ2) is 8.04. The summed E-state index contributed by atoms with van der Waals surface area (Å²) in [6, 6.07) is 7.73. The van der Waals surface area contributed by atoms with Crippen LogP contribution in [0.4, 0.5) is 5.69 Å². The van der Waals surface area contributed by atoms with E-state index in [4.69, 9.17) is 15.9 Å². The van der Waals surface area contributed by atoms with Crippen LogP contribution in [0, 0.1) is 12.3 Å². The van der Waals surface area contributed by atoms with Crippen molar-refractivity contribution in [2.24, 2.45) is 0 Å². The van der Waals surface area contributed by atoms with E-state index < -0.39 is 6.10 Å². The molecule has 1 aromatic rings. The summed E-state index contributed by atoms with van der Waals surface area (Å²) < 4.78 is 11.0. The topological polar surface area (TPSA) is 41.9 Å². The van der Waals surface area contributed by atoms with Crippen molar-refractivity contribution in [3.8, 4) is 12.3 Å². The third-order valence-electron chi connectivity index (χ3n) is 3.63. The van der Waals surface area contributed by atoms with Crippen LogP contribution in [0.15, 0.2) is 24.3 Å². The first-order valence-electron chi connectivity index (χ1n) is 7.34. The van der Waals surface area contributed by atoms with Crippen LogP contribution in [-0.4, -0.2) is 50.7 Å². The number of terminal acetylenes is 1. The van der Waals surface area contributed by atoms with Crippen LogP contribution in [0.5, 0.6) is 0 Å². The molecule has 1 heterocycles. The van der Waals surface area contributed by atoms with Crippen LogP contribution in [0.3, 0.4) is 0 Å². The van der Waals surface area contributed by atoms with Crippen LogP contribution in [0.1, 0.15) is 18.4 Å². The number of benzene rings is 1. The van der Waals surface area contributed by atoms with Gasteiger partial charge in [0.1, 0.15) is 0 Å². The second-order valence-electron chi connectivity index (χ2n) is 5.37. The minimum Gasteiger partial charge on any atom is -0.389 e. The molecule has 1 aromatic carbocycles. The lowest BCUT2D eigenvalue weighted by molar-refractivity contribution is -0.0573. The maximum Gasteiger partial charge on any atom is 0.0948 e. The lowest BCUT2D eigenvalue weighted by Gasteiger charge is -2.26. The van der Waals surface area contributed by atoms with Crippen LogP contribution in [0.2, 0.25) is 0 Å². The largest absolute Gasteiger partial charge is 0.389 e. The van der Waals surface area contributed by atoms with Crippen molar-refractivity contribution in [2.45, 2.75) is 25.0 Å². The van der Waals surface area contributed by atoms with E-state index in [1.165, 1.54) is 0 Å². The minimum absolute atomic E-state index is 0.212. The molecule has 4 heteroatoms. The summed E-state index contributed by atoms with van der Waals surface area (Å²) in [5.41, 5.74) is 1.84. The summed E-state index contributed by atoms with van der Waals surface area (Å²) in [5.74, 6) is 2.62. The van der Waals surface area contributed by atoms with Gasteiger partial charge in [0.15, 0.2) is 0 Å². The van der Waals surface area contributed by atoms with Gasteiger partial charge in [-0.05, 0) is 31.0 Å². The van der Waals surface area contributed by atoms with Gasteiger partial charge in [0.05, 0.1) is 18.8 Å². The summed E-state index contributed by atoms with van der Waals surface area (Å²) >= 11 is 0. The monoisotopic (exact) mass is 289 g/mol. The summed E-state index contributed by atoms with van der Waals surface area (Å²) in [5, 5.41) is 10.1. The van der Waals surface area contributed by atoms with Crippen molar-refractivity contribution in [1.29, 1.82) is 0 Å². The number of aliphatic hydroxyl groups is 1. The third-order valence-corrected chi connectivity index (χ3v) is 3.63. The molecule has 0 aliphatic carbocycles. The Labute approximate surface area is 126 Å². The van der Waals surface area contributed by atoms with E-state index >= 15 is 0 Å². The lowest BCUT2D eigenvalue weighted by Crippen LogP contribution is -2.34. The molecule has 0 spiro atoms. The lowest BCUT2D eigenvalue weighted by atomic mass is 10.1. The Morgan fingerprint density at radius 1 is 1.48 bits per heavy atom. The number of hydrogen-bond donors (Lipinski definition) is 1. The maximum absolute atomic E-state index is 10.1. The summed E-state index contributed by atoms with van der Waals surface area (Å²) in [6.07, 6.45) is 6.91. The molecule has 0 bridgehead atoms. The quantitative estimate of drug-likeness (QED) is 0.809. The van der Waals surface area contributed by atoms with Gasteiger partial charge >= 0.3 is 0 Å². The molecule has 114 valence electrons. The highest BCUT2D eigenvalue weighted by Crippen LogP contribution is 2.15. The zero-order chi connectivity index (χ0) is 15.1. The molecule has 0 aromatic heterocycles. The fourth-order valence-electron chi connectivity index (χ4n) is 2.40. The van der Waals surface area contributed by atoms with E-state index in [0.29, 0.717) is 13.2 Å². The van der Waals surface area contributed by atoms with Crippen LogP contribution >= 0.6 is 0 Å². The van der Waals surface area contributed by atoms with E-state index in [9.17, 15) is 5.11 Å². The molecule has 0 amide bonds. The van der Waals surface area contributed by atoms with Crippen molar-refractivity contribution in [3.63, 3.8) is 0 Å². The Bertz CT molecular complexity index is 477. The molecule has 1 fully saturated rings.